The monoisotopic (exact) mass is 480 g/mol. The topological polar surface area (TPSA) is 157 Å². The van der Waals surface area contributed by atoms with Crippen LogP contribution in [-0.2, 0) is 25.6 Å². The van der Waals surface area contributed by atoms with Gasteiger partial charge in [0.15, 0.2) is 0 Å². The molecule has 33 heavy (non-hydrogen) atoms. The van der Waals surface area contributed by atoms with Gasteiger partial charge in [-0.1, -0.05) is 30.3 Å². The van der Waals surface area contributed by atoms with Crippen molar-refractivity contribution in [2.45, 2.75) is 49.9 Å². The molecule has 0 bridgehead atoms. The highest BCUT2D eigenvalue weighted by Gasteiger charge is 2.31. The lowest BCUT2D eigenvalue weighted by Crippen LogP contribution is -2.58. The number of carbonyl (C=O) groups excluding carboxylic acids is 3. The molecule has 0 aliphatic carbocycles. The van der Waals surface area contributed by atoms with Crippen LogP contribution in [0.3, 0.4) is 0 Å². The molecule has 0 aromatic heterocycles. The van der Waals surface area contributed by atoms with Gasteiger partial charge in [-0.25, -0.2) is 4.79 Å². The van der Waals surface area contributed by atoms with Crippen LogP contribution in [0.25, 0.3) is 0 Å². The normalized spacial score (nSPS) is 18.1. The number of nitrogens with one attached hydrogen (secondary N) is 4. The molecule has 182 valence electrons. The first kappa shape index (κ1) is 26.6. The maximum Gasteiger partial charge on any atom is 0.326 e. The van der Waals surface area contributed by atoms with Crippen LogP contribution in [0.4, 0.5) is 0 Å². The van der Waals surface area contributed by atoms with Gasteiger partial charge in [-0.05, 0) is 43.4 Å². The van der Waals surface area contributed by atoms with Gasteiger partial charge in [-0.15, -0.1) is 0 Å². The molecular formula is C22H32N4O6S. The van der Waals surface area contributed by atoms with Crippen molar-refractivity contribution in [2.75, 3.05) is 25.2 Å². The summed E-state index contributed by atoms with van der Waals surface area (Å²) >= 11 is 1.47. The molecule has 0 radical (unpaired) electrons. The van der Waals surface area contributed by atoms with Crippen LogP contribution in [0, 0.1) is 0 Å². The first-order valence-corrected chi connectivity index (χ1v) is 12.3. The third-order valence-electron chi connectivity index (χ3n) is 5.33. The van der Waals surface area contributed by atoms with Gasteiger partial charge in [0.2, 0.25) is 17.7 Å². The first-order chi connectivity index (χ1) is 15.8. The molecule has 1 fully saturated rings. The van der Waals surface area contributed by atoms with E-state index in [-0.39, 0.29) is 18.7 Å². The number of hydrogen-bond donors (Lipinski definition) is 6. The number of hydrogen-bond acceptors (Lipinski definition) is 7. The Kier molecular flexibility index (Phi) is 11.1. The highest BCUT2D eigenvalue weighted by molar-refractivity contribution is 7.98. The summed E-state index contributed by atoms with van der Waals surface area (Å²) in [4.78, 5) is 49.6. The molecule has 2 rings (SSSR count). The van der Waals surface area contributed by atoms with Crippen molar-refractivity contribution in [3.8, 4) is 0 Å². The molecule has 3 amide bonds. The zero-order chi connectivity index (χ0) is 24.2. The minimum Gasteiger partial charge on any atom is -0.480 e. The average molecular weight is 481 g/mol. The van der Waals surface area contributed by atoms with Crippen LogP contribution >= 0.6 is 11.8 Å². The van der Waals surface area contributed by atoms with Crippen LogP contribution in [0.5, 0.6) is 0 Å². The van der Waals surface area contributed by atoms with Crippen molar-refractivity contribution in [1.82, 2.24) is 21.3 Å². The Morgan fingerprint density at radius 1 is 1.06 bits per heavy atom. The lowest BCUT2D eigenvalue weighted by Gasteiger charge is -2.24. The third kappa shape index (κ3) is 8.67. The molecule has 1 aromatic rings. The molecule has 4 atom stereocenters. The fraction of sp³-hybridized carbons (Fsp3) is 0.545. The molecule has 11 heteroatoms. The number of aliphatic hydroxyl groups excluding tert-OH is 1. The summed E-state index contributed by atoms with van der Waals surface area (Å²) in [5.41, 5.74) is 0.749. The quantitative estimate of drug-likeness (QED) is 0.216. The van der Waals surface area contributed by atoms with Gasteiger partial charge < -0.3 is 31.5 Å². The van der Waals surface area contributed by atoms with E-state index in [0.717, 1.165) is 12.0 Å². The number of aliphatic hydroxyl groups is 1. The number of carboxylic acids is 1. The fourth-order valence-electron chi connectivity index (χ4n) is 3.47. The number of thioether (sulfide) groups is 1. The second-order valence-corrected chi connectivity index (χ2v) is 8.81. The Bertz CT molecular complexity index is 803. The maximum atomic E-state index is 12.9. The minimum atomic E-state index is -1.22. The summed E-state index contributed by atoms with van der Waals surface area (Å²) in [5, 5.41) is 29.8. The van der Waals surface area contributed by atoms with E-state index in [9.17, 15) is 29.4 Å². The van der Waals surface area contributed by atoms with Crippen LogP contribution in [0.2, 0.25) is 0 Å². The summed E-state index contributed by atoms with van der Waals surface area (Å²) in [5.74, 6) is -2.38. The van der Waals surface area contributed by atoms with Gasteiger partial charge in [-0.2, -0.15) is 11.8 Å². The summed E-state index contributed by atoms with van der Waals surface area (Å²) in [6.45, 7) is 0.0750. The summed E-state index contributed by atoms with van der Waals surface area (Å²) in [6.07, 6.45) is 3.68. The van der Waals surface area contributed by atoms with E-state index in [4.69, 9.17) is 0 Å². The van der Waals surface area contributed by atoms with Crippen LogP contribution < -0.4 is 21.3 Å². The van der Waals surface area contributed by atoms with Crippen LogP contribution in [0.1, 0.15) is 24.8 Å². The fourth-order valence-corrected chi connectivity index (χ4v) is 3.95. The standard InChI is InChI=1S/C22H32N4O6S/c1-33-11-9-16(20(29)25-17(22(31)32)12-14-6-3-2-4-7-14)24-21(30)18(13-27)26-19(28)15-8-5-10-23-15/h2-4,6-7,15-18,23,27H,5,8-13H2,1H3,(H,24,30)(H,25,29)(H,26,28)(H,31,32). The summed E-state index contributed by atoms with van der Waals surface area (Å²) in [6, 6.07) is 5.08. The third-order valence-corrected chi connectivity index (χ3v) is 5.98. The Morgan fingerprint density at radius 2 is 1.73 bits per heavy atom. The highest BCUT2D eigenvalue weighted by atomic mass is 32.2. The van der Waals surface area contributed by atoms with Gasteiger partial charge in [-0.3, -0.25) is 14.4 Å². The van der Waals surface area contributed by atoms with Crippen molar-refractivity contribution in [3.63, 3.8) is 0 Å². The lowest BCUT2D eigenvalue weighted by atomic mass is 10.1. The molecule has 1 saturated heterocycles. The molecule has 1 aliphatic rings. The van der Waals surface area contributed by atoms with Crippen molar-refractivity contribution in [1.29, 1.82) is 0 Å². The number of aliphatic carboxylic acids is 1. The van der Waals surface area contributed by atoms with Gasteiger partial charge in [0.25, 0.3) is 0 Å². The SMILES string of the molecule is CSCCC(NC(=O)C(CO)NC(=O)C1CCCN1)C(=O)NC(Cc1ccccc1)C(=O)O. The van der Waals surface area contributed by atoms with Crippen LogP contribution in [0.15, 0.2) is 30.3 Å². The highest BCUT2D eigenvalue weighted by Crippen LogP contribution is 2.07. The van der Waals surface area contributed by atoms with E-state index < -0.39 is 48.6 Å². The Labute approximate surface area is 197 Å². The zero-order valence-electron chi connectivity index (χ0n) is 18.6. The van der Waals surface area contributed by atoms with E-state index in [1.807, 2.05) is 12.3 Å². The van der Waals surface area contributed by atoms with Crippen molar-refractivity contribution >= 4 is 35.5 Å². The van der Waals surface area contributed by atoms with Crippen molar-refractivity contribution in [2.24, 2.45) is 0 Å². The predicted octanol–water partition coefficient (Wildman–Crippen LogP) is -0.734. The van der Waals surface area contributed by atoms with E-state index >= 15 is 0 Å². The smallest absolute Gasteiger partial charge is 0.326 e. The second-order valence-electron chi connectivity index (χ2n) is 7.82. The molecule has 0 spiro atoms. The van der Waals surface area contributed by atoms with Gasteiger partial charge in [0, 0.05) is 6.42 Å². The van der Waals surface area contributed by atoms with Crippen molar-refractivity contribution < 1.29 is 29.4 Å². The van der Waals surface area contributed by atoms with E-state index in [0.29, 0.717) is 18.7 Å². The van der Waals surface area contributed by atoms with Gasteiger partial charge >= 0.3 is 5.97 Å². The first-order valence-electron chi connectivity index (χ1n) is 10.9. The van der Waals surface area contributed by atoms with Gasteiger partial charge in [0.1, 0.15) is 18.1 Å². The number of amides is 3. The summed E-state index contributed by atoms with van der Waals surface area (Å²) < 4.78 is 0. The van der Waals surface area contributed by atoms with Crippen molar-refractivity contribution in [3.05, 3.63) is 35.9 Å². The molecule has 4 unspecified atom stereocenters. The maximum absolute atomic E-state index is 12.9. The number of benzene rings is 1. The molecule has 1 heterocycles. The second kappa shape index (κ2) is 13.8. The molecule has 1 aliphatic heterocycles. The summed E-state index contributed by atoms with van der Waals surface area (Å²) in [7, 11) is 0. The molecule has 0 saturated carbocycles. The van der Waals surface area contributed by atoms with Gasteiger partial charge in [0.05, 0.1) is 12.6 Å². The van der Waals surface area contributed by atoms with E-state index in [1.54, 1.807) is 24.3 Å². The van der Waals surface area contributed by atoms with E-state index in [2.05, 4.69) is 21.3 Å². The Morgan fingerprint density at radius 3 is 2.30 bits per heavy atom. The Hall–Kier alpha value is -2.63. The predicted molar refractivity (Wildman–Crippen MR) is 125 cm³/mol. The minimum absolute atomic E-state index is 0.0921. The molecule has 10 nitrogen and oxygen atoms in total. The molecule has 6 N–H and O–H groups in total. The van der Waals surface area contributed by atoms with E-state index in [1.165, 1.54) is 11.8 Å². The molecule has 1 aromatic carbocycles. The average Bonchev–Trinajstić information content (AvgIpc) is 3.35. The van der Waals surface area contributed by atoms with Crippen LogP contribution in [-0.4, -0.2) is 83.2 Å². The lowest BCUT2D eigenvalue weighted by molar-refractivity contribution is -0.142. The largest absolute Gasteiger partial charge is 0.480 e. The zero-order valence-corrected chi connectivity index (χ0v) is 19.4. The number of rotatable bonds is 13. The Balaban J connectivity index is 2.02. The number of carbonyl (C=O) groups is 4. The molecular weight excluding hydrogens is 448 g/mol. The number of carboxylic acid groups (broad SMARTS) is 1.